The van der Waals surface area contributed by atoms with Crippen molar-refractivity contribution in [3.05, 3.63) is 59.2 Å². The van der Waals surface area contributed by atoms with Gasteiger partial charge in [-0.25, -0.2) is 0 Å². The van der Waals surface area contributed by atoms with Crippen LogP contribution in [0.2, 0.25) is 0 Å². The third kappa shape index (κ3) is 2.39. The normalized spacial score (nSPS) is 12.7. The predicted octanol–water partition coefficient (Wildman–Crippen LogP) is 3.28. The summed E-state index contributed by atoms with van der Waals surface area (Å²) >= 11 is 0. The molecule has 0 saturated heterocycles. The predicted molar refractivity (Wildman–Crippen MR) is 79.7 cm³/mol. The highest BCUT2D eigenvalue weighted by atomic mass is 16.5. The van der Waals surface area contributed by atoms with Gasteiger partial charge in [0.15, 0.2) is 5.78 Å². The van der Waals surface area contributed by atoms with Gasteiger partial charge in [-0.05, 0) is 49.2 Å². The molecule has 3 nitrogen and oxygen atoms in total. The van der Waals surface area contributed by atoms with Crippen molar-refractivity contribution < 1.29 is 9.53 Å². The van der Waals surface area contributed by atoms with E-state index in [4.69, 9.17) is 4.74 Å². The lowest BCUT2D eigenvalue weighted by molar-refractivity contribution is 0.103. The van der Waals surface area contributed by atoms with Gasteiger partial charge in [-0.3, -0.25) is 4.79 Å². The quantitative estimate of drug-likeness (QED) is 0.864. The van der Waals surface area contributed by atoms with Crippen LogP contribution in [0.25, 0.3) is 0 Å². The van der Waals surface area contributed by atoms with Crippen molar-refractivity contribution in [3.8, 4) is 5.75 Å². The van der Waals surface area contributed by atoms with Crippen LogP contribution in [0.1, 0.15) is 28.4 Å². The number of carbonyl (C=O) groups is 1. The van der Waals surface area contributed by atoms with Crippen molar-refractivity contribution in [2.45, 2.75) is 13.3 Å². The maximum absolute atomic E-state index is 12.4. The number of rotatable bonds is 4. The van der Waals surface area contributed by atoms with Gasteiger partial charge in [0.05, 0.1) is 6.61 Å². The van der Waals surface area contributed by atoms with Gasteiger partial charge in [0.2, 0.25) is 0 Å². The van der Waals surface area contributed by atoms with E-state index in [0.717, 1.165) is 30.0 Å². The first-order valence-electron chi connectivity index (χ1n) is 6.92. The van der Waals surface area contributed by atoms with Crippen LogP contribution in [-0.2, 0) is 6.42 Å². The molecule has 102 valence electrons. The number of hydrogen-bond donors (Lipinski definition) is 1. The lowest BCUT2D eigenvalue weighted by Crippen LogP contribution is -2.02. The molecule has 0 aliphatic carbocycles. The van der Waals surface area contributed by atoms with Crippen molar-refractivity contribution in [2.75, 3.05) is 18.5 Å². The van der Waals surface area contributed by atoms with E-state index in [1.165, 1.54) is 5.56 Å². The largest absolute Gasteiger partial charge is 0.494 e. The average molecular weight is 267 g/mol. The van der Waals surface area contributed by atoms with Gasteiger partial charge in [-0.2, -0.15) is 0 Å². The summed E-state index contributed by atoms with van der Waals surface area (Å²) < 4.78 is 5.39. The molecule has 2 aromatic carbocycles. The molecule has 0 unspecified atom stereocenters. The van der Waals surface area contributed by atoms with Gasteiger partial charge in [0.1, 0.15) is 5.75 Å². The highest BCUT2D eigenvalue weighted by molar-refractivity contribution is 6.09. The number of hydrogen-bond acceptors (Lipinski definition) is 3. The highest BCUT2D eigenvalue weighted by Gasteiger charge is 2.14. The lowest BCUT2D eigenvalue weighted by atomic mass is 10.0. The summed E-state index contributed by atoms with van der Waals surface area (Å²) in [5.41, 5.74) is 3.78. The number of nitrogens with one attached hydrogen (secondary N) is 1. The molecule has 0 fully saturated rings. The zero-order chi connectivity index (χ0) is 13.9. The van der Waals surface area contributed by atoms with E-state index in [-0.39, 0.29) is 5.78 Å². The summed E-state index contributed by atoms with van der Waals surface area (Å²) in [6.45, 7) is 3.52. The Balaban J connectivity index is 1.84. The number of ether oxygens (including phenoxy) is 1. The number of carbonyl (C=O) groups excluding carboxylic acids is 1. The van der Waals surface area contributed by atoms with Gasteiger partial charge in [0, 0.05) is 23.4 Å². The van der Waals surface area contributed by atoms with Crippen LogP contribution in [0.5, 0.6) is 5.75 Å². The van der Waals surface area contributed by atoms with Gasteiger partial charge in [-0.1, -0.05) is 12.1 Å². The Labute approximate surface area is 118 Å². The second kappa shape index (κ2) is 5.37. The summed E-state index contributed by atoms with van der Waals surface area (Å²) in [5.74, 6) is 0.837. The van der Waals surface area contributed by atoms with Crippen LogP contribution in [0.4, 0.5) is 5.69 Å². The van der Waals surface area contributed by atoms with Crippen molar-refractivity contribution in [2.24, 2.45) is 0 Å². The van der Waals surface area contributed by atoms with Crippen molar-refractivity contribution in [1.82, 2.24) is 0 Å². The minimum absolute atomic E-state index is 0.0459. The van der Waals surface area contributed by atoms with Gasteiger partial charge < -0.3 is 10.1 Å². The van der Waals surface area contributed by atoms with Gasteiger partial charge >= 0.3 is 0 Å². The molecule has 0 amide bonds. The molecule has 20 heavy (non-hydrogen) atoms. The van der Waals surface area contributed by atoms with E-state index >= 15 is 0 Å². The average Bonchev–Trinajstić information content (AvgIpc) is 2.95. The molecule has 0 aromatic heterocycles. The third-order valence-electron chi connectivity index (χ3n) is 3.51. The molecule has 1 heterocycles. The summed E-state index contributed by atoms with van der Waals surface area (Å²) in [6.07, 6.45) is 1.03. The molecule has 0 spiro atoms. The Bertz CT molecular complexity index is 632. The fourth-order valence-electron chi connectivity index (χ4n) is 2.47. The minimum Gasteiger partial charge on any atom is -0.494 e. The maximum atomic E-state index is 12.4. The van der Waals surface area contributed by atoms with E-state index in [9.17, 15) is 4.79 Å². The molecule has 0 bridgehead atoms. The first kappa shape index (κ1) is 12.7. The summed E-state index contributed by atoms with van der Waals surface area (Å²) in [5, 5.41) is 3.30. The highest BCUT2D eigenvalue weighted by Crippen LogP contribution is 2.25. The first-order valence-corrected chi connectivity index (χ1v) is 6.92. The third-order valence-corrected chi connectivity index (χ3v) is 3.51. The molecular formula is C17H17NO2. The van der Waals surface area contributed by atoms with Crippen LogP contribution in [-0.4, -0.2) is 18.9 Å². The van der Waals surface area contributed by atoms with Crippen LogP contribution < -0.4 is 10.1 Å². The molecule has 3 rings (SSSR count). The van der Waals surface area contributed by atoms with Gasteiger partial charge in [-0.15, -0.1) is 0 Å². The van der Waals surface area contributed by atoms with Crippen molar-refractivity contribution in [1.29, 1.82) is 0 Å². The molecule has 1 aliphatic heterocycles. The fraction of sp³-hybridized carbons (Fsp3) is 0.235. The monoisotopic (exact) mass is 267 g/mol. The topological polar surface area (TPSA) is 38.3 Å². The molecule has 3 heteroatoms. The summed E-state index contributed by atoms with van der Waals surface area (Å²) in [7, 11) is 0. The van der Waals surface area contributed by atoms with E-state index in [1.807, 2.05) is 49.4 Å². The lowest BCUT2D eigenvalue weighted by Gasteiger charge is -2.06. The van der Waals surface area contributed by atoms with Gasteiger partial charge in [0.25, 0.3) is 0 Å². The molecule has 1 aliphatic rings. The van der Waals surface area contributed by atoms with E-state index in [2.05, 4.69) is 5.32 Å². The van der Waals surface area contributed by atoms with Crippen molar-refractivity contribution >= 4 is 11.5 Å². The Morgan fingerprint density at radius 1 is 1.15 bits per heavy atom. The Kier molecular flexibility index (Phi) is 3.42. The molecule has 0 atom stereocenters. The fourth-order valence-corrected chi connectivity index (χ4v) is 2.47. The zero-order valence-corrected chi connectivity index (χ0v) is 11.5. The number of ketones is 1. The number of anilines is 1. The first-order chi connectivity index (χ1) is 9.78. The molecule has 2 aromatic rings. The Hall–Kier alpha value is -2.29. The zero-order valence-electron chi connectivity index (χ0n) is 11.5. The number of fused-ring (bicyclic) bond motifs is 1. The van der Waals surface area contributed by atoms with E-state index < -0.39 is 0 Å². The molecule has 0 radical (unpaired) electrons. The molecular weight excluding hydrogens is 250 g/mol. The van der Waals surface area contributed by atoms with E-state index in [0.29, 0.717) is 12.2 Å². The Morgan fingerprint density at radius 2 is 1.90 bits per heavy atom. The minimum atomic E-state index is 0.0459. The molecule has 1 N–H and O–H groups in total. The van der Waals surface area contributed by atoms with Crippen LogP contribution >= 0.6 is 0 Å². The smallest absolute Gasteiger partial charge is 0.193 e. The summed E-state index contributed by atoms with van der Waals surface area (Å²) in [4.78, 5) is 12.4. The second-order valence-corrected chi connectivity index (χ2v) is 4.84. The van der Waals surface area contributed by atoms with Crippen LogP contribution in [0, 0.1) is 0 Å². The number of benzene rings is 2. The van der Waals surface area contributed by atoms with Crippen LogP contribution in [0.3, 0.4) is 0 Å². The standard InChI is InChI=1S/C17H17NO2/c1-2-20-15-7-5-13(6-8-15)17(19)14-4-3-12-9-10-18-16(12)11-14/h3-8,11,18H,2,9-10H2,1H3. The van der Waals surface area contributed by atoms with Crippen molar-refractivity contribution in [3.63, 3.8) is 0 Å². The second-order valence-electron chi connectivity index (χ2n) is 4.84. The summed E-state index contributed by atoms with van der Waals surface area (Å²) in [6, 6.07) is 13.2. The Morgan fingerprint density at radius 3 is 2.65 bits per heavy atom. The van der Waals surface area contributed by atoms with E-state index in [1.54, 1.807) is 0 Å². The SMILES string of the molecule is CCOc1ccc(C(=O)c2ccc3c(c2)NCC3)cc1. The molecule has 0 saturated carbocycles. The van der Waals surface area contributed by atoms with Crippen LogP contribution in [0.15, 0.2) is 42.5 Å². The maximum Gasteiger partial charge on any atom is 0.193 e.